The van der Waals surface area contributed by atoms with E-state index in [0.29, 0.717) is 25.1 Å². The summed E-state index contributed by atoms with van der Waals surface area (Å²) >= 11 is 0. The van der Waals surface area contributed by atoms with Crippen molar-refractivity contribution in [2.24, 2.45) is 0 Å². The zero-order valence-corrected chi connectivity index (χ0v) is 22.6. The zero-order valence-electron chi connectivity index (χ0n) is 21.7. The third-order valence-corrected chi connectivity index (χ3v) is 9.89. The molecule has 3 fully saturated rings. The maximum absolute atomic E-state index is 13.1. The number of nitro benzene ring substituents is 1. The Morgan fingerprint density at radius 2 is 1.61 bits per heavy atom. The lowest BCUT2D eigenvalue weighted by molar-refractivity contribution is -0.384. The molecule has 206 valence electrons. The first-order chi connectivity index (χ1) is 18.4. The number of anilines is 2. The van der Waals surface area contributed by atoms with Gasteiger partial charge in [0.2, 0.25) is 16.0 Å². The molecule has 12 heteroatoms. The van der Waals surface area contributed by atoms with Gasteiger partial charge in [-0.15, -0.1) is 0 Å². The Kier molecular flexibility index (Phi) is 8.39. The molecule has 3 aliphatic rings. The van der Waals surface area contributed by atoms with Gasteiger partial charge in [0.1, 0.15) is 5.82 Å². The van der Waals surface area contributed by atoms with Crippen molar-refractivity contribution in [1.82, 2.24) is 19.2 Å². The van der Waals surface area contributed by atoms with Crippen LogP contribution < -0.4 is 10.2 Å². The van der Waals surface area contributed by atoms with Gasteiger partial charge in [0.15, 0.2) is 0 Å². The van der Waals surface area contributed by atoms with E-state index in [1.165, 1.54) is 54.3 Å². The van der Waals surface area contributed by atoms with Gasteiger partial charge in [-0.05, 0) is 63.3 Å². The molecule has 0 radical (unpaired) electrons. The van der Waals surface area contributed by atoms with Crippen molar-refractivity contribution in [1.29, 1.82) is 0 Å². The summed E-state index contributed by atoms with van der Waals surface area (Å²) in [7, 11) is -3.67. The van der Waals surface area contributed by atoms with Crippen molar-refractivity contribution in [2.45, 2.75) is 68.3 Å². The van der Waals surface area contributed by atoms with Crippen LogP contribution in [0.2, 0.25) is 0 Å². The van der Waals surface area contributed by atoms with Crippen LogP contribution in [0.15, 0.2) is 41.4 Å². The minimum Gasteiger partial charge on any atom is -0.356 e. The van der Waals surface area contributed by atoms with Crippen molar-refractivity contribution in [3.05, 3.63) is 46.6 Å². The third-order valence-electron chi connectivity index (χ3n) is 7.98. The summed E-state index contributed by atoms with van der Waals surface area (Å²) < 4.78 is 27.7. The number of non-ortho nitro benzene ring substituents is 1. The number of nitrogens with one attached hydrogen (secondary N) is 1. The molecule has 3 saturated heterocycles. The average Bonchev–Trinajstić information content (AvgIpc) is 3.23. The molecule has 1 aromatic carbocycles. The number of hydrogen-bond donors (Lipinski definition) is 1. The van der Waals surface area contributed by atoms with Crippen LogP contribution in [0.1, 0.15) is 51.4 Å². The number of nitrogens with zero attached hydrogens (tertiary/aromatic N) is 6. The van der Waals surface area contributed by atoms with Gasteiger partial charge in [-0.1, -0.05) is 12.8 Å². The van der Waals surface area contributed by atoms with E-state index in [1.54, 1.807) is 0 Å². The van der Waals surface area contributed by atoms with E-state index in [-0.39, 0.29) is 16.6 Å². The number of likely N-dealkylation sites (tertiary alicyclic amines) is 1. The number of aromatic nitrogens is 2. The summed E-state index contributed by atoms with van der Waals surface area (Å²) in [5, 5.41) is 14.5. The number of piperidine rings is 2. The van der Waals surface area contributed by atoms with Crippen LogP contribution in [0.25, 0.3) is 0 Å². The molecular formula is C26H37N7O4S. The van der Waals surface area contributed by atoms with Crippen molar-refractivity contribution in [3.63, 3.8) is 0 Å². The first-order valence-electron chi connectivity index (χ1n) is 13.7. The summed E-state index contributed by atoms with van der Waals surface area (Å²) in [6.07, 6.45) is 10.5. The second-order valence-electron chi connectivity index (χ2n) is 10.5. The molecule has 38 heavy (non-hydrogen) atoms. The number of nitro groups is 1. The highest BCUT2D eigenvalue weighted by atomic mass is 32.2. The largest absolute Gasteiger partial charge is 0.356 e. The van der Waals surface area contributed by atoms with Crippen LogP contribution >= 0.6 is 0 Å². The van der Waals surface area contributed by atoms with Crippen molar-refractivity contribution >= 4 is 27.5 Å². The fourth-order valence-corrected chi connectivity index (χ4v) is 7.34. The molecule has 5 rings (SSSR count). The highest BCUT2D eigenvalue weighted by Gasteiger charge is 2.34. The molecule has 1 atom stereocenters. The first kappa shape index (κ1) is 26.8. The Balaban J connectivity index is 1.15. The summed E-state index contributed by atoms with van der Waals surface area (Å²) in [4.78, 5) is 24.6. The molecule has 2 aromatic rings. The lowest BCUT2D eigenvalue weighted by Crippen LogP contribution is -2.51. The van der Waals surface area contributed by atoms with Gasteiger partial charge in [0, 0.05) is 63.1 Å². The van der Waals surface area contributed by atoms with Crippen LogP contribution in [-0.2, 0) is 10.0 Å². The summed E-state index contributed by atoms with van der Waals surface area (Å²) in [6, 6.07) is 7.72. The zero-order chi connectivity index (χ0) is 26.5. The third kappa shape index (κ3) is 6.24. The Morgan fingerprint density at radius 3 is 2.29 bits per heavy atom. The first-order valence-corrected chi connectivity index (χ1v) is 15.2. The molecule has 4 heterocycles. The van der Waals surface area contributed by atoms with Crippen molar-refractivity contribution < 1.29 is 13.3 Å². The van der Waals surface area contributed by atoms with Crippen LogP contribution in [0.5, 0.6) is 0 Å². The standard InChI is InChI=1S/C26H37N7O4S/c34-33(35)23-7-9-24(10-8-23)38(36,37)32-18-12-22(13-19-32)31-17-5-6-21(20-31)28-26-27-14-11-25(29-26)30-15-3-1-2-4-16-30/h7-11,14,21-22H,1-6,12-13,15-20H2,(H,27,28,29). The van der Waals surface area contributed by atoms with Crippen molar-refractivity contribution in [2.75, 3.05) is 49.5 Å². The fourth-order valence-electron chi connectivity index (χ4n) is 5.87. The number of sulfonamides is 1. The second kappa shape index (κ2) is 11.9. The Morgan fingerprint density at radius 1 is 0.895 bits per heavy atom. The van der Waals surface area contributed by atoms with E-state index in [0.717, 1.165) is 57.7 Å². The van der Waals surface area contributed by atoms with E-state index in [2.05, 4.69) is 20.1 Å². The summed E-state index contributed by atoms with van der Waals surface area (Å²) in [5.41, 5.74) is -0.116. The van der Waals surface area contributed by atoms with E-state index in [9.17, 15) is 18.5 Å². The van der Waals surface area contributed by atoms with E-state index in [1.807, 2.05) is 12.3 Å². The molecule has 0 aliphatic carbocycles. The predicted molar refractivity (Wildman–Crippen MR) is 146 cm³/mol. The van der Waals surface area contributed by atoms with E-state index < -0.39 is 14.9 Å². The fraction of sp³-hybridized carbons (Fsp3) is 0.615. The molecule has 1 unspecified atom stereocenters. The summed E-state index contributed by atoms with van der Waals surface area (Å²) in [5.74, 6) is 1.68. The molecule has 0 saturated carbocycles. The van der Waals surface area contributed by atoms with Gasteiger partial charge in [-0.25, -0.2) is 13.4 Å². The van der Waals surface area contributed by atoms with Gasteiger partial charge in [-0.3, -0.25) is 15.0 Å². The average molecular weight is 544 g/mol. The van der Waals surface area contributed by atoms with Gasteiger partial charge < -0.3 is 10.2 Å². The number of hydrogen-bond acceptors (Lipinski definition) is 9. The highest BCUT2D eigenvalue weighted by molar-refractivity contribution is 7.89. The monoisotopic (exact) mass is 543 g/mol. The van der Waals surface area contributed by atoms with Crippen molar-refractivity contribution in [3.8, 4) is 0 Å². The molecule has 0 amide bonds. The topological polar surface area (TPSA) is 125 Å². The smallest absolute Gasteiger partial charge is 0.269 e. The van der Waals surface area contributed by atoms with Crippen LogP contribution in [0.4, 0.5) is 17.5 Å². The SMILES string of the molecule is O=[N+]([O-])c1ccc(S(=O)(=O)N2CCC(N3CCCC(Nc4nccc(N5CCCCCC5)n4)C3)CC2)cc1. The lowest BCUT2D eigenvalue weighted by atomic mass is 9.99. The predicted octanol–water partition coefficient (Wildman–Crippen LogP) is 3.49. The van der Waals surface area contributed by atoms with Crippen LogP contribution in [0, 0.1) is 10.1 Å². The summed E-state index contributed by atoms with van der Waals surface area (Å²) in [6.45, 7) is 4.88. The maximum atomic E-state index is 13.1. The van der Waals surface area contributed by atoms with Gasteiger partial charge in [-0.2, -0.15) is 9.29 Å². The normalized spacial score (nSPS) is 22.6. The molecule has 0 bridgehead atoms. The van der Waals surface area contributed by atoms with E-state index >= 15 is 0 Å². The highest BCUT2D eigenvalue weighted by Crippen LogP contribution is 2.27. The lowest BCUT2D eigenvalue weighted by Gasteiger charge is -2.42. The molecular weight excluding hydrogens is 506 g/mol. The Bertz CT molecular complexity index is 1190. The quantitative estimate of drug-likeness (QED) is 0.413. The Hall–Kier alpha value is -2.83. The number of rotatable bonds is 7. The molecule has 11 nitrogen and oxygen atoms in total. The maximum Gasteiger partial charge on any atom is 0.269 e. The van der Waals surface area contributed by atoms with Gasteiger partial charge >= 0.3 is 0 Å². The van der Waals surface area contributed by atoms with Gasteiger partial charge in [0.05, 0.1) is 9.82 Å². The minimum atomic E-state index is -3.67. The second-order valence-corrected chi connectivity index (χ2v) is 12.4. The molecule has 1 N–H and O–H groups in total. The van der Waals surface area contributed by atoms with Crippen LogP contribution in [0.3, 0.4) is 0 Å². The van der Waals surface area contributed by atoms with Crippen LogP contribution in [-0.4, -0.2) is 83.9 Å². The van der Waals surface area contributed by atoms with Gasteiger partial charge in [0.25, 0.3) is 5.69 Å². The molecule has 3 aliphatic heterocycles. The molecule has 0 spiro atoms. The number of benzene rings is 1. The Labute approximate surface area is 224 Å². The van der Waals surface area contributed by atoms with E-state index in [4.69, 9.17) is 4.98 Å². The molecule has 1 aromatic heterocycles. The minimum absolute atomic E-state index is 0.103.